The highest BCUT2D eigenvalue weighted by atomic mass is 79.9. The Labute approximate surface area is 110 Å². The number of thiophene rings is 1. The standard InChI is InChI=1S/C11H8BrClFNS/c12-10-2-1-8(14)4-11(10)15-5-9-3-7(13)6-16-9/h1-4,6,15H,5H2. The molecule has 2 rings (SSSR count). The minimum Gasteiger partial charge on any atom is -0.379 e. The van der Waals surface area contributed by atoms with E-state index in [4.69, 9.17) is 11.6 Å². The molecule has 0 saturated heterocycles. The molecule has 16 heavy (non-hydrogen) atoms. The van der Waals surface area contributed by atoms with Gasteiger partial charge in [0.15, 0.2) is 0 Å². The molecule has 1 heterocycles. The number of benzene rings is 1. The summed E-state index contributed by atoms with van der Waals surface area (Å²) in [4.78, 5) is 1.11. The molecular formula is C11H8BrClFNS. The van der Waals surface area contributed by atoms with Crippen LogP contribution in [0.5, 0.6) is 0 Å². The summed E-state index contributed by atoms with van der Waals surface area (Å²) in [6.45, 7) is 0.638. The topological polar surface area (TPSA) is 12.0 Å². The Morgan fingerprint density at radius 3 is 2.88 bits per heavy atom. The lowest BCUT2D eigenvalue weighted by Crippen LogP contribution is -1.98. The van der Waals surface area contributed by atoms with Gasteiger partial charge in [0.25, 0.3) is 0 Å². The second-order valence-electron chi connectivity index (χ2n) is 3.21. The van der Waals surface area contributed by atoms with Crippen molar-refractivity contribution in [3.05, 3.63) is 49.8 Å². The van der Waals surface area contributed by atoms with Crippen LogP contribution >= 0.6 is 38.9 Å². The summed E-state index contributed by atoms with van der Waals surface area (Å²) in [6.07, 6.45) is 0. The molecular weight excluding hydrogens is 313 g/mol. The van der Waals surface area contributed by atoms with Gasteiger partial charge in [-0.3, -0.25) is 0 Å². The zero-order chi connectivity index (χ0) is 11.5. The lowest BCUT2D eigenvalue weighted by atomic mass is 10.3. The molecule has 0 spiro atoms. The Kier molecular flexibility index (Phi) is 3.84. The molecule has 1 aromatic heterocycles. The van der Waals surface area contributed by atoms with Crippen LogP contribution in [0.4, 0.5) is 10.1 Å². The SMILES string of the molecule is Fc1ccc(Br)c(NCc2cc(Cl)cs2)c1. The average molecular weight is 321 g/mol. The maximum Gasteiger partial charge on any atom is 0.125 e. The smallest absolute Gasteiger partial charge is 0.125 e. The van der Waals surface area contributed by atoms with Crippen LogP contribution in [0.2, 0.25) is 5.02 Å². The van der Waals surface area contributed by atoms with E-state index in [1.807, 2.05) is 11.4 Å². The van der Waals surface area contributed by atoms with Gasteiger partial charge in [-0.25, -0.2) is 4.39 Å². The number of hydrogen-bond donors (Lipinski definition) is 1. The normalized spacial score (nSPS) is 10.4. The molecule has 0 amide bonds. The predicted molar refractivity (Wildman–Crippen MR) is 70.8 cm³/mol. The average Bonchev–Trinajstić information content (AvgIpc) is 2.66. The second-order valence-corrected chi connectivity index (χ2v) is 5.50. The number of nitrogens with one attached hydrogen (secondary N) is 1. The molecule has 0 saturated carbocycles. The monoisotopic (exact) mass is 319 g/mol. The maximum absolute atomic E-state index is 13.0. The first kappa shape index (κ1) is 11.9. The molecule has 5 heteroatoms. The van der Waals surface area contributed by atoms with Crippen molar-refractivity contribution >= 4 is 44.6 Å². The first-order chi connectivity index (χ1) is 7.65. The van der Waals surface area contributed by atoms with E-state index in [-0.39, 0.29) is 5.82 Å². The van der Waals surface area contributed by atoms with E-state index in [1.165, 1.54) is 12.1 Å². The highest BCUT2D eigenvalue weighted by molar-refractivity contribution is 9.10. The lowest BCUT2D eigenvalue weighted by molar-refractivity contribution is 0.628. The van der Waals surface area contributed by atoms with Crippen molar-refractivity contribution < 1.29 is 4.39 Å². The summed E-state index contributed by atoms with van der Waals surface area (Å²) < 4.78 is 13.8. The molecule has 0 aliphatic heterocycles. The quantitative estimate of drug-likeness (QED) is 0.847. The van der Waals surface area contributed by atoms with Crippen LogP contribution < -0.4 is 5.32 Å². The van der Waals surface area contributed by atoms with Crippen LogP contribution in [0.1, 0.15) is 4.88 Å². The fraction of sp³-hybridized carbons (Fsp3) is 0.0909. The van der Waals surface area contributed by atoms with Crippen LogP contribution in [0.25, 0.3) is 0 Å². The largest absolute Gasteiger partial charge is 0.379 e. The molecule has 0 bridgehead atoms. The molecule has 0 fully saturated rings. The van der Waals surface area contributed by atoms with E-state index in [0.29, 0.717) is 6.54 Å². The Morgan fingerprint density at radius 1 is 1.38 bits per heavy atom. The molecule has 84 valence electrons. The van der Waals surface area contributed by atoms with E-state index in [9.17, 15) is 4.39 Å². The first-order valence-electron chi connectivity index (χ1n) is 4.57. The van der Waals surface area contributed by atoms with Gasteiger partial charge in [0.2, 0.25) is 0 Å². The molecule has 1 nitrogen and oxygen atoms in total. The van der Waals surface area contributed by atoms with E-state index >= 15 is 0 Å². The van der Waals surface area contributed by atoms with E-state index in [1.54, 1.807) is 17.4 Å². The van der Waals surface area contributed by atoms with Crippen LogP contribution in [-0.2, 0) is 6.54 Å². The minimum atomic E-state index is -0.255. The van der Waals surface area contributed by atoms with Gasteiger partial charge in [0, 0.05) is 21.3 Å². The Balaban J connectivity index is 2.07. The summed E-state index contributed by atoms with van der Waals surface area (Å²) in [5.41, 5.74) is 0.740. The number of anilines is 1. The Morgan fingerprint density at radius 2 is 2.19 bits per heavy atom. The molecule has 0 atom stereocenters. The molecule has 0 aliphatic rings. The minimum absolute atomic E-state index is 0.255. The van der Waals surface area contributed by atoms with Crippen LogP contribution in [0.3, 0.4) is 0 Å². The third-order valence-electron chi connectivity index (χ3n) is 2.00. The van der Waals surface area contributed by atoms with Gasteiger partial charge in [0.05, 0.1) is 10.7 Å². The van der Waals surface area contributed by atoms with E-state index < -0.39 is 0 Å². The van der Waals surface area contributed by atoms with Crippen LogP contribution in [0.15, 0.2) is 34.1 Å². The van der Waals surface area contributed by atoms with Gasteiger partial charge in [-0.1, -0.05) is 11.6 Å². The van der Waals surface area contributed by atoms with Crippen molar-refractivity contribution in [3.8, 4) is 0 Å². The Bertz CT molecular complexity index is 500. The maximum atomic E-state index is 13.0. The Hall–Kier alpha value is -0.580. The highest BCUT2D eigenvalue weighted by Gasteiger charge is 2.02. The summed E-state index contributed by atoms with van der Waals surface area (Å²) in [7, 11) is 0. The fourth-order valence-corrected chi connectivity index (χ4v) is 2.66. The van der Waals surface area contributed by atoms with Crippen molar-refractivity contribution in [1.29, 1.82) is 0 Å². The fourth-order valence-electron chi connectivity index (χ4n) is 1.26. The molecule has 1 N–H and O–H groups in total. The van der Waals surface area contributed by atoms with Gasteiger partial charge in [-0.15, -0.1) is 11.3 Å². The third-order valence-corrected chi connectivity index (χ3v) is 3.98. The zero-order valence-corrected chi connectivity index (χ0v) is 11.3. The van der Waals surface area contributed by atoms with E-state index in [2.05, 4.69) is 21.2 Å². The lowest BCUT2D eigenvalue weighted by Gasteiger charge is -2.07. The van der Waals surface area contributed by atoms with Gasteiger partial charge in [-0.05, 0) is 40.2 Å². The highest BCUT2D eigenvalue weighted by Crippen LogP contribution is 2.25. The molecule has 2 aromatic rings. The number of rotatable bonds is 3. The summed E-state index contributed by atoms with van der Waals surface area (Å²) in [6, 6.07) is 6.45. The third kappa shape index (κ3) is 2.97. The van der Waals surface area contributed by atoms with Gasteiger partial charge < -0.3 is 5.32 Å². The van der Waals surface area contributed by atoms with Crippen molar-refractivity contribution in [2.75, 3.05) is 5.32 Å². The number of hydrogen-bond acceptors (Lipinski definition) is 2. The summed E-state index contributed by atoms with van der Waals surface area (Å²) >= 11 is 10.7. The molecule has 0 unspecified atom stereocenters. The van der Waals surface area contributed by atoms with Crippen molar-refractivity contribution in [1.82, 2.24) is 0 Å². The van der Waals surface area contributed by atoms with Gasteiger partial charge in [0.1, 0.15) is 5.82 Å². The number of halogens is 3. The zero-order valence-electron chi connectivity index (χ0n) is 8.14. The molecule has 1 aromatic carbocycles. The van der Waals surface area contributed by atoms with E-state index in [0.717, 1.165) is 20.1 Å². The van der Waals surface area contributed by atoms with Crippen LogP contribution in [0, 0.1) is 5.82 Å². The second kappa shape index (κ2) is 5.17. The van der Waals surface area contributed by atoms with Crippen molar-refractivity contribution in [3.63, 3.8) is 0 Å². The predicted octanol–water partition coefficient (Wildman–Crippen LogP) is 4.92. The van der Waals surface area contributed by atoms with Crippen molar-refractivity contribution in [2.24, 2.45) is 0 Å². The van der Waals surface area contributed by atoms with Crippen LogP contribution in [-0.4, -0.2) is 0 Å². The first-order valence-corrected chi connectivity index (χ1v) is 6.62. The van der Waals surface area contributed by atoms with Crippen molar-refractivity contribution in [2.45, 2.75) is 6.54 Å². The molecule has 0 aliphatic carbocycles. The van der Waals surface area contributed by atoms with Gasteiger partial charge in [-0.2, -0.15) is 0 Å². The molecule has 0 radical (unpaired) electrons. The summed E-state index contributed by atoms with van der Waals surface area (Å²) in [5, 5.41) is 5.76. The van der Waals surface area contributed by atoms with Gasteiger partial charge >= 0.3 is 0 Å². The summed E-state index contributed by atoms with van der Waals surface area (Å²) in [5.74, 6) is -0.255.